The lowest BCUT2D eigenvalue weighted by Gasteiger charge is -2.06. The predicted octanol–water partition coefficient (Wildman–Crippen LogP) is 4.56. The van der Waals surface area contributed by atoms with Crippen LogP contribution in [0.15, 0.2) is 30.5 Å². The lowest BCUT2D eigenvalue weighted by Crippen LogP contribution is -1.96. The first-order valence-corrected chi connectivity index (χ1v) is 7.11. The Labute approximate surface area is 135 Å². The molecular weight excluding hydrogens is 333 g/mol. The molecule has 0 aliphatic heterocycles. The highest BCUT2D eigenvalue weighted by molar-refractivity contribution is 6.36. The number of hydrogen-bond acceptors (Lipinski definition) is 3. The fraction of sp³-hybridized carbons (Fsp3) is 0.0714. The van der Waals surface area contributed by atoms with Gasteiger partial charge >= 0.3 is 0 Å². The Balaban J connectivity index is 2.22. The molecule has 0 atom stereocenters. The van der Waals surface area contributed by atoms with Crippen molar-refractivity contribution in [2.45, 2.75) is 6.92 Å². The van der Waals surface area contributed by atoms with E-state index in [0.717, 1.165) is 0 Å². The summed E-state index contributed by atoms with van der Waals surface area (Å²) in [6, 6.07) is 6.70. The lowest BCUT2D eigenvalue weighted by molar-refractivity contribution is 0.101. The molecule has 3 rings (SSSR count). The number of halogens is 3. The van der Waals surface area contributed by atoms with E-state index in [1.807, 2.05) is 0 Å². The number of aromatic nitrogens is 3. The smallest absolute Gasteiger partial charge is 0.180 e. The number of rotatable bonds is 2. The predicted molar refractivity (Wildman–Crippen MR) is 83.5 cm³/mol. The van der Waals surface area contributed by atoms with Crippen LogP contribution in [0.2, 0.25) is 15.2 Å². The summed E-state index contributed by atoms with van der Waals surface area (Å²) < 4.78 is 1.52. The topological polar surface area (TPSA) is 47.3 Å². The number of nitrogens with zero attached hydrogens (tertiary/aromatic N) is 3. The molecule has 3 aromatic rings. The second-order valence-electron chi connectivity index (χ2n) is 4.46. The van der Waals surface area contributed by atoms with Crippen LogP contribution in [0.4, 0.5) is 0 Å². The molecule has 106 valence electrons. The second-order valence-corrected chi connectivity index (χ2v) is 5.66. The van der Waals surface area contributed by atoms with Gasteiger partial charge in [-0.3, -0.25) is 4.79 Å². The van der Waals surface area contributed by atoms with Crippen LogP contribution in [0.25, 0.3) is 16.8 Å². The van der Waals surface area contributed by atoms with Gasteiger partial charge in [-0.25, -0.2) is 9.50 Å². The first kappa shape index (κ1) is 14.3. The molecule has 0 amide bonds. The van der Waals surface area contributed by atoms with Crippen molar-refractivity contribution in [3.63, 3.8) is 0 Å². The van der Waals surface area contributed by atoms with Crippen LogP contribution >= 0.6 is 34.8 Å². The number of ketones is 1. The van der Waals surface area contributed by atoms with Crippen LogP contribution < -0.4 is 0 Å². The van der Waals surface area contributed by atoms with E-state index in [2.05, 4.69) is 10.1 Å². The van der Waals surface area contributed by atoms with Crippen molar-refractivity contribution in [1.82, 2.24) is 14.6 Å². The van der Waals surface area contributed by atoms with E-state index in [-0.39, 0.29) is 10.9 Å². The van der Waals surface area contributed by atoms with Gasteiger partial charge in [-0.15, -0.1) is 0 Å². The summed E-state index contributed by atoms with van der Waals surface area (Å²) in [5.41, 5.74) is 2.13. The van der Waals surface area contributed by atoms with Crippen molar-refractivity contribution in [2.24, 2.45) is 0 Å². The van der Waals surface area contributed by atoms with Gasteiger partial charge in [-0.2, -0.15) is 5.10 Å². The molecule has 0 bridgehead atoms. The Bertz CT molecular complexity index is 873. The van der Waals surface area contributed by atoms with Crippen LogP contribution in [0.5, 0.6) is 0 Å². The van der Waals surface area contributed by atoms with Gasteiger partial charge in [0.2, 0.25) is 0 Å². The van der Waals surface area contributed by atoms with Gasteiger partial charge in [-0.1, -0.05) is 34.8 Å². The molecule has 2 heterocycles. The zero-order valence-electron chi connectivity index (χ0n) is 10.8. The highest BCUT2D eigenvalue weighted by Crippen LogP contribution is 2.30. The number of fused-ring (bicyclic) bond motifs is 1. The van der Waals surface area contributed by atoms with Gasteiger partial charge in [0.1, 0.15) is 11.2 Å². The Morgan fingerprint density at radius 3 is 2.62 bits per heavy atom. The highest BCUT2D eigenvalue weighted by atomic mass is 35.5. The minimum absolute atomic E-state index is 0.138. The second kappa shape index (κ2) is 5.30. The number of Topliss-reactive ketones (excluding diaryl/α,β-unsaturated/α-hetero) is 1. The minimum atomic E-state index is -0.138. The maximum Gasteiger partial charge on any atom is 0.180 e. The average Bonchev–Trinajstić information content (AvgIpc) is 2.83. The van der Waals surface area contributed by atoms with E-state index < -0.39 is 0 Å². The normalized spacial score (nSPS) is 11.0. The Morgan fingerprint density at radius 2 is 1.95 bits per heavy atom. The standard InChI is InChI=1S/C14H8Cl3N3O/c1-7(21)11-5-13-14(17)18-12(6-20(13)19-11)9-3-2-8(15)4-10(9)16/h2-6H,1H3. The monoisotopic (exact) mass is 339 g/mol. The molecule has 0 spiro atoms. The zero-order chi connectivity index (χ0) is 15.1. The molecule has 21 heavy (non-hydrogen) atoms. The van der Waals surface area contributed by atoms with Crippen molar-refractivity contribution in [3.8, 4) is 11.3 Å². The summed E-state index contributed by atoms with van der Waals surface area (Å²) in [6.07, 6.45) is 1.67. The molecule has 4 nitrogen and oxygen atoms in total. The molecule has 2 aromatic heterocycles. The van der Waals surface area contributed by atoms with Crippen LogP contribution in [0.1, 0.15) is 17.4 Å². The van der Waals surface area contributed by atoms with E-state index >= 15 is 0 Å². The van der Waals surface area contributed by atoms with Crippen molar-refractivity contribution in [3.05, 3.63) is 51.4 Å². The molecule has 7 heteroatoms. The summed E-state index contributed by atoms with van der Waals surface area (Å²) in [5, 5.41) is 5.43. The highest BCUT2D eigenvalue weighted by Gasteiger charge is 2.13. The third kappa shape index (κ3) is 2.62. The average molecular weight is 341 g/mol. The van der Waals surface area contributed by atoms with Gasteiger partial charge in [0.05, 0.1) is 16.9 Å². The lowest BCUT2D eigenvalue weighted by atomic mass is 10.1. The SMILES string of the molecule is CC(=O)c1cc2c(Cl)nc(-c3ccc(Cl)cc3Cl)cn2n1. The molecule has 1 aromatic carbocycles. The van der Waals surface area contributed by atoms with E-state index in [4.69, 9.17) is 34.8 Å². The molecule has 0 saturated heterocycles. The maximum absolute atomic E-state index is 11.4. The summed E-state index contributed by atoms with van der Waals surface area (Å²) in [7, 11) is 0. The molecule has 0 unspecified atom stereocenters. The summed E-state index contributed by atoms with van der Waals surface area (Å²) in [4.78, 5) is 15.7. The largest absolute Gasteiger partial charge is 0.293 e. The van der Waals surface area contributed by atoms with Crippen molar-refractivity contribution in [2.75, 3.05) is 0 Å². The maximum atomic E-state index is 11.4. The van der Waals surface area contributed by atoms with Crippen LogP contribution in [-0.2, 0) is 0 Å². The molecule has 0 fully saturated rings. The number of carbonyl (C=O) groups excluding carboxylic acids is 1. The molecule has 0 radical (unpaired) electrons. The van der Waals surface area contributed by atoms with Crippen LogP contribution in [0, 0.1) is 0 Å². The Hall–Kier alpha value is -1.62. The Morgan fingerprint density at radius 1 is 1.19 bits per heavy atom. The summed E-state index contributed by atoms with van der Waals surface area (Å²) in [6.45, 7) is 1.44. The fourth-order valence-electron chi connectivity index (χ4n) is 1.95. The van der Waals surface area contributed by atoms with Gasteiger partial charge in [0, 0.05) is 17.5 Å². The number of hydrogen-bond donors (Lipinski definition) is 0. The first-order valence-electron chi connectivity index (χ1n) is 5.98. The van der Waals surface area contributed by atoms with Crippen LogP contribution in [0.3, 0.4) is 0 Å². The van der Waals surface area contributed by atoms with Gasteiger partial charge in [0.25, 0.3) is 0 Å². The third-order valence-corrected chi connectivity index (χ3v) is 3.80. The molecular formula is C14H8Cl3N3O. The number of carbonyl (C=O) groups is 1. The van der Waals surface area contributed by atoms with Crippen molar-refractivity contribution in [1.29, 1.82) is 0 Å². The van der Waals surface area contributed by atoms with E-state index in [0.29, 0.717) is 32.5 Å². The summed E-state index contributed by atoms with van der Waals surface area (Å²) in [5.74, 6) is -0.138. The van der Waals surface area contributed by atoms with Crippen LogP contribution in [-0.4, -0.2) is 20.4 Å². The van der Waals surface area contributed by atoms with Gasteiger partial charge in [-0.05, 0) is 24.3 Å². The zero-order valence-corrected chi connectivity index (χ0v) is 13.0. The Kier molecular flexibility index (Phi) is 3.61. The molecule has 0 N–H and O–H groups in total. The third-order valence-electron chi connectivity index (χ3n) is 2.98. The number of benzene rings is 1. The van der Waals surface area contributed by atoms with E-state index in [1.54, 1.807) is 30.5 Å². The molecule has 0 aliphatic carbocycles. The van der Waals surface area contributed by atoms with E-state index in [1.165, 1.54) is 11.4 Å². The molecule has 0 saturated carbocycles. The van der Waals surface area contributed by atoms with E-state index in [9.17, 15) is 4.79 Å². The van der Waals surface area contributed by atoms with Crippen molar-refractivity contribution < 1.29 is 4.79 Å². The quantitative estimate of drug-likeness (QED) is 0.643. The van der Waals surface area contributed by atoms with Gasteiger partial charge < -0.3 is 0 Å². The molecule has 0 aliphatic rings. The minimum Gasteiger partial charge on any atom is -0.293 e. The van der Waals surface area contributed by atoms with Crippen molar-refractivity contribution >= 4 is 46.1 Å². The fourth-order valence-corrected chi connectivity index (χ4v) is 2.69. The van der Waals surface area contributed by atoms with Gasteiger partial charge in [0.15, 0.2) is 10.9 Å². The first-order chi connectivity index (χ1) is 9.95. The summed E-state index contributed by atoms with van der Waals surface area (Å²) >= 11 is 18.2.